The van der Waals surface area contributed by atoms with Crippen LogP contribution in [0.15, 0.2) is 30.3 Å². The molecule has 22 heavy (non-hydrogen) atoms. The second kappa shape index (κ2) is 10.4. The lowest BCUT2D eigenvalue weighted by molar-refractivity contribution is -0.927. The summed E-state index contributed by atoms with van der Waals surface area (Å²) in [6, 6.07) is 9.25. The van der Waals surface area contributed by atoms with Crippen molar-refractivity contribution in [3.05, 3.63) is 35.9 Å². The van der Waals surface area contributed by atoms with Crippen molar-refractivity contribution in [2.45, 2.75) is 46.5 Å². The number of carbonyl (C=O) groups excluding carboxylic acids is 1. The number of benzene rings is 1. The SMILES string of the molecule is CCCC[N+](CC)(CCCC)CCOC(=O)c1ccccc1. The fourth-order valence-corrected chi connectivity index (χ4v) is 2.79. The number of carbonyl (C=O) groups is 1. The fourth-order valence-electron chi connectivity index (χ4n) is 2.79. The average Bonchev–Trinajstić information content (AvgIpc) is 2.57. The van der Waals surface area contributed by atoms with Crippen molar-refractivity contribution in [2.24, 2.45) is 0 Å². The fraction of sp³-hybridized carbons (Fsp3) is 0.632. The summed E-state index contributed by atoms with van der Waals surface area (Å²) in [5.41, 5.74) is 0.638. The second-order valence-corrected chi connectivity index (χ2v) is 6.04. The summed E-state index contributed by atoms with van der Waals surface area (Å²) in [5.74, 6) is -0.208. The van der Waals surface area contributed by atoms with Crippen molar-refractivity contribution < 1.29 is 14.0 Å². The first-order valence-corrected chi connectivity index (χ1v) is 8.74. The van der Waals surface area contributed by atoms with Gasteiger partial charge in [0.2, 0.25) is 0 Å². The molecule has 3 nitrogen and oxygen atoms in total. The molecule has 0 heterocycles. The van der Waals surface area contributed by atoms with Crippen molar-refractivity contribution >= 4 is 5.97 Å². The first-order valence-electron chi connectivity index (χ1n) is 8.74. The monoisotopic (exact) mass is 306 g/mol. The molecular weight excluding hydrogens is 274 g/mol. The molecule has 0 unspecified atom stereocenters. The Hall–Kier alpha value is -1.35. The Morgan fingerprint density at radius 2 is 1.55 bits per heavy atom. The van der Waals surface area contributed by atoms with Crippen LogP contribution in [0.4, 0.5) is 0 Å². The first kappa shape index (κ1) is 18.7. The van der Waals surface area contributed by atoms with Gasteiger partial charge in [0, 0.05) is 0 Å². The lowest BCUT2D eigenvalue weighted by atomic mass is 10.2. The normalized spacial score (nSPS) is 11.4. The molecule has 3 heteroatoms. The third-order valence-electron chi connectivity index (χ3n) is 4.45. The van der Waals surface area contributed by atoms with Crippen LogP contribution in [0, 0.1) is 0 Å². The van der Waals surface area contributed by atoms with E-state index in [2.05, 4.69) is 20.8 Å². The summed E-state index contributed by atoms with van der Waals surface area (Å²) in [7, 11) is 0. The Morgan fingerprint density at radius 1 is 0.955 bits per heavy atom. The largest absolute Gasteiger partial charge is 0.456 e. The van der Waals surface area contributed by atoms with Crippen LogP contribution in [0.3, 0.4) is 0 Å². The van der Waals surface area contributed by atoms with Crippen LogP contribution in [0.5, 0.6) is 0 Å². The second-order valence-electron chi connectivity index (χ2n) is 6.04. The highest BCUT2D eigenvalue weighted by molar-refractivity contribution is 5.89. The lowest BCUT2D eigenvalue weighted by Crippen LogP contribution is -2.51. The topological polar surface area (TPSA) is 26.3 Å². The third-order valence-corrected chi connectivity index (χ3v) is 4.45. The lowest BCUT2D eigenvalue weighted by Gasteiger charge is -2.38. The van der Waals surface area contributed by atoms with Crippen LogP contribution in [0.25, 0.3) is 0 Å². The van der Waals surface area contributed by atoms with Crippen LogP contribution < -0.4 is 0 Å². The van der Waals surface area contributed by atoms with E-state index in [-0.39, 0.29) is 5.97 Å². The van der Waals surface area contributed by atoms with Gasteiger partial charge in [0.25, 0.3) is 0 Å². The zero-order valence-electron chi connectivity index (χ0n) is 14.5. The summed E-state index contributed by atoms with van der Waals surface area (Å²) >= 11 is 0. The summed E-state index contributed by atoms with van der Waals surface area (Å²) in [6.07, 6.45) is 4.92. The van der Waals surface area contributed by atoms with Crippen molar-refractivity contribution in [2.75, 3.05) is 32.8 Å². The van der Waals surface area contributed by atoms with Gasteiger partial charge in [0.15, 0.2) is 0 Å². The van der Waals surface area contributed by atoms with Gasteiger partial charge in [0.05, 0.1) is 25.2 Å². The molecule has 0 aromatic heterocycles. The Labute approximate surface area is 135 Å². The number of rotatable bonds is 11. The number of hydrogen-bond donors (Lipinski definition) is 0. The molecule has 0 amide bonds. The molecule has 0 saturated heterocycles. The Morgan fingerprint density at radius 3 is 2.05 bits per heavy atom. The van der Waals surface area contributed by atoms with Crippen molar-refractivity contribution in [3.8, 4) is 0 Å². The highest BCUT2D eigenvalue weighted by Gasteiger charge is 2.24. The molecule has 0 atom stereocenters. The van der Waals surface area contributed by atoms with Crippen LogP contribution >= 0.6 is 0 Å². The van der Waals surface area contributed by atoms with E-state index < -0.39 is 0 Å². The van der Waals surface area contributed by atoms with E-state index in [4.69, 9.17) is 4.74 Å². The van der Waals surface area contributed by atoms with Crippen LogP contribution in [0.2, 0.25) is 0 Å². The van der Waals surface area contributed by atoms with Gasteiger partial charge in [0.1, 0.15) is 13.2 Å². The molecule has 1 aromatic rings. The van der Waals surface area contributed by atoms with Gasteiger partial charge in [-0.25, -0.2) is 4.79 Å². The predicted molar refractivity (Wildman–Crippen MR) is 91.9 cm³/mol. The van der Waals surface area contributed by atoms with E-state index >= 15 is 0 Å². The molecular formula is C19H32NO2+. The standard InChI is InChI=1S/C19H32NO2/c1-4-7-14-20(6-3,15-8-5-2)16-17-22-19(21)18-12-10-9-11-13-18/h9-13H,4-8,14-17H2,1-3H3/q+1. The van der Waals surface area contributed by atoms with Gasteiger partial charge >= 0.3 is 5.97 Å². The number of hydrogen-bond acceptors (Lipinski definition) is 2. The number of nitrogens with zero attached hydrogens (tertiary/aromatic N) is 1. The molecule has 0 N–H and O–H groups in total. The molecule has 1 aromatic carbocycles. The summed E-state index contributed by atoms with van der Waals surface area (Å²) in [6.45, 7) is 11.7. The van der Waals surface area contributed by atoms with Gasteiger partial charge in [-0.2, -0.15) is 0 Å². The van der Waals surface area contributed by atoms with E-state index in [1.54, 1.807) is 12.1 Å². The van der Waals surface area contributed by atoms with E-state index in [1.807, 2.05) is 18.2 Å². The molecule has 0 aliphatic rings. The van der Waals surface area contributed by atoms with Gasteiger partial charge in [-0.15, -0.1) is 0 Å². The average molecular weight is 306 g/mol. The Bertz CT molecular complexity index is 409. The minimum Gasteiger partial charge on any atom is -0.456 e. The maximum atomic E-state index is 12.0. The summed E-state index contributed by atoms with van der Waals surface area (Å²) in [4.78, 5) is 12.0. The molecule has 0 aliphatic heterocycles. The van der Waals surface area contributed by atoms with E-state index in [1.165, 1.54) is 38.8 Å². The number of unbranched alkanes of at least 4 members (excludes halogenated alkanes) is 2. The minimum absolute atomic E-state index is 0.208. The van der Waals surface area contributed by atoms with Gasteiger partial charge < -0.3 is 9.22 Å². The number of ether oxygens (including phenoxy) is 1. The maximum Gasteiger partial charge on any atom is 0.338 e. The predicted octanol–water partition coefficient (Wildman–Crippen LogP) is 4.28. The number of quaternary nitrogens is 1. The summed E-state index contributed by atoms with van der Waals surface area (Å²) < 4.78 is 6.56. The zero-order chi connectivity index (χ0) is 16.3. The molecule has 0 spiro atoms. The minimum atomic E-state index is -0.208. The number of esters is 1. The van der Waals surface area contributed by atoms with Crippen molar-refractivity contribution in [1.29, 1.82) is 0 Å². The Kier molecular flexibility index (Phi) is 8.83. The molecule has 0 saturated carbocycles. The van der Waals surface area contributed by atoms with Crippen molar-refractivity contribution in [3.63, 3.8) is 0 Å². The highest BCUT2D eigenvalue weighted by Crippen LogP contribution is 2.12. The quantitative estimate of drug-likeness (QED) is 0.450. The van der Waals surface area contributed by atoms with Gasteiger partial charge in [-0.3, -0.25) is 0 Å². The van der Waals surface area contributed by atoms with E-state index in [0.29, 0.717) is 12.2 Å². The molecule has 0 bridgehead atoms. The molecule has 0 radical (unpaired) electrons. The maximum absolute atomic E-state index is 12.0. The van der Waals surface area contributed by atoms with Crippen LogP contribution in [0.1, 0.15) is 56.8 Å². The van der Waals surface area contributed by atoms with Crippen molar-refractivity contribution in [1.82, 2.24) is 0 Å². The molecule has 1 rings (SSSR count). The molecule has 0 aliphatic carbocycles. The number of likely N-dealkylation sites (N-methyl/N-ethyl adjacent to an activating group) is 1. The smallest absolute Gasteiger partial charge is 0.338 e. The van der Waals surface area contributed by atoms with Crippen LogP contribution in [-0.4, -0.2) is 43.2 Å². The van der Waals surface area contributed by atoms with E-state index in [0.717, 1.165) is 17.6 Å². The Balaban J connectivity index is 2.52. The zero-order valence-corrected chi connectivity index (χ0v) is 14.5. The first-order chi connectivity index (χ1) is 10.7. The van der Waals surface area contributed by atoms with Gasteiger partial charge in [-0.05, 0) is 31.9 Å². The molecule has 124 valence electrons. The third kappa shape index (κ3) is 6.18. The molecule has 0 fully saturated rings. The van der Waals surface area contributed by atoms with E-state index in [9.17, 15) is 4.79 Å². The van der Waals surface area contributed by atoms with Crippen LogP contribution in [-0.2, 0) is 4.74 Å². The summed E-state index contributed by atoms with van der Waals surface area (Å²) in [5, 5.41) is 0. The van der Waals surface area contributed by atoms with Gasteiger partial charge in [-0.1, -0.05) is 44.9 Å². The highest BCUT2D eigenvalue weighted by atomic mass is 16.5.